The fourth-order valence-corrected chi connectivity index (χ4v) is 17.1. The average molecular weight is 857 g/mol. The molecule has 0 atom stereocenters. The normalized spacial score (nSPS) is 14.9. The quantitative estimate of drug-likeness (QED) is 0.0747. The van der Waals surface area contributed by atoms with Crippen molar-refractivity contribution in [3.05, 3.63) is 90.3 Å². The predicted octanol–water partition coefficient (Wildman–Crippen LogP) is 10.2. The van der Waals surface area contributed by atoms with E-state index in [1.807, 2.05) is 33.9 Å². The first-order chi connectivity index (χ1) is 22.3. The van der Waals surface area contributed by atoms with Gasteiger partial charge in [0, 0.05) is 49.9 Å². The van der Waals surface area contributed by atoms with Crippen LogP contribution in [0, 0.1) is 17.9 Å². The zero-order valence-corrected chi connectivity index (χ0v) is 34.9. The molecule has 4 aromatic rings. The van der Waals surface area contributed by atoms with Crippen molar-refractivity contribution in [3.8, 4) is 22.4 Å². The number of benzene rings is 3. The van der Waals surface area contributed by atoms with Gasteiger partial charge in [-0.15, -0.1) is 29.1 Å². The van der Waals surface area contributed by atoms with Crippen LogP contribution in [0.4, 0.5) is 0 Å². The largest absolute Gasteiger partial charge is 0.512 e. The van der Waals surface area contributed by atoms with Gasteiger partial charge in [-0.1, -0.05) is 95.0 Å². The first kappa shape index (κ1) is 39.8. The monoisotopic (exact) mass is 857 g/mol. The Kier molecular flexibility index (Phi) is 13.9. The van der Waals surface area contributed by atoms with Gasteiger partial charge in [-0.3, -0.25) is 9.78 Å². The summed E-state index contributed by atoms with van der Waals surface area (Å²) >= 11 is 0. The summed E-state index contributed by atoms with van der Waals surface area (Å²) in [6.07, 6.45) is 6.83. The van der Waals surface area contributed by atoms with Crippen molar-refractivity contribution in [1.29, 1.82) is 0 Å². The van der Waals surface area contributed by atoms with Crippen molar-refractivity contribution >= 4 is 43.6 Å². The maximum atomic E-state index is 11.7. The zero-order valence-electron chi connectivity index (χ0n) is 30.5. The van der Waals surface area contributed by atoms with E-state index in [0.717, 1.165) is 42.3 Å². The second-order valence-corrected chi connectivity index (χ2v) is 22.1. The third-order valence-electron chi connectivity index (χ3n) is 9.71. The third-order valence-corrected chi connectivity index (χ3v) is 17.5. The van der Waals surface area contributed by atoms with E-state index in [4.69, 9.17) is 9.10 Å². The Morgan fingerprint density at radius 2 is 1.44 bits per heavy atom. The maximum absolute atomic E-state index is 11.7. The maximum Gasteiger partial charge on any atom is 0.206 e. The predicted molar refractivity (Wildman–Crippen MR) is 205 cm³/mol. The molecule has 2 heterocycles. The molecule has 1 aliphatic rings. The Morgan fingerprint density at radius 1 is 0.833 bits per heavy atom. The van der Waals surface area contributed by atoms with Gasteiger partial charge >= 0.3 is 0 Å². The van der Waals surface area contributed by atoms with Crippen molar-refractivity contribution in [2.24, 2.45) is 11.8 Å². The molecule has 0 amide bonds. The number of fused-ring (bicyclic) bond motifs is 2. The minimum absolute atomic E-state index is 0. The van der Waals surface area contributed by atoms with Gasteiger partial charge in [0.25, 0.3) is 0 Å². The second-order valence-electron chi connectivity index (χ2n) is 14.1. The number of hydrogen-bond acceptors (Lipinski definition) is 4. The third kappa shape index (κ3) is 8.91. The number of hydrogen-bond donors (Lipinski definition) is 1. The summed E-state index contributed by atoms with van der Waals surface area (Å²) in [4.78, 5) is 16.4. The molecule has 0 saturated heterocycles. The van der Waals surface area contributed by atoms with Crippen molar-refractivity contribution in [1.82, 2.24) is 4.98 Å². The Balaban J connectivity index is 0.000000334. The molecular weight excluding hydrogens is 803 g/mol. The molecule has 0 spiro atoms. The van der Waals surface area contributed by atoms with E-state index < -0.39 is 16.6 Å². The Hall–Kier alpha value is -2.68. The summed E-state index contributed by atoms with van der Waals surface area (Å²) < 4.78 is 6.63. The first-order valence-electron chi connectivity index (χ1n) is 17.5. The molecule has 1 aromatic heterocycles. The van der Waals surface area contributed by atoms with Crippen LogP contribution in [0.15, 0.2) is 78.7 Å². The van der Waals surface area contributed by atoms with Crippen LogP contribution in [0.1, 0.15) is 78.7 Å². The minimum atomic E-state index is -1.85. The number of rotatable bonds is 10. The molecule has 3 aromatic carbocycles. The summed E-state index contributed by atoms with van der Waals surface area (Å²) in [5.41, 5.74) is 5.81. The topological polar surface area (TPSA) is 59.4 Å². The van der Waals surface area contributed by atoms with E-state index in [2.05, 4.69) is 107 Å². The molecule has 1 aliphatic heterocycles. The van der Waals surface area contributed by atoms with Gasteiger partial charge in [0.15, 0.2) is 5.78 Å². The van der Waals surface area contributed by atoms with Crippen LogP contribution in [0.5, 0.6) is 0 Å². The van der Waals surface area contributed by atoms with Crippen LogP contribution >= 0.6 is 0 Å². The van der Waals surface area contributed by atoms with Crippen LogP contribution in [0.3, 0.4) is 0 Å². The van der Waals surface area contributed by atoms with Gasteiger partial charge in [0.1, 0.15) is 0 Å². The SMILES string of the molecule is CC(C)c1cc(-c2cc(-c3ccc4c(c3)[Si](C)(C)O[Si]4(C)C)ccn2)[c-]c2ccccc12.CCC(CC)C(=O)/C=C(\O)C(CC)CC.[Ir]. The summed E-state index contributed by atoms with van der Waals surface area (Å²) in [6.45, 7) is 21.9. The Morgan fingerprint density at radius 3 is 2.06 bits per heavy atom. The molecule has 1 N–H and O–H groups in total. The molecule has 0 fully saturated rings. The van der Waals surface area contributed by atoms with E-state index in [-0.39, 0.29) is 43.5 Å². The van der Waals surface area contributed by atoms with E-state index in [9.17, 15) is 9.90 Å². The van der Waals surface area contributed by atoms with Gasteiger partial charge < -0.3 is 9.22 Å². The molecule has 7 heteroatoms. The summed E-state index contributed by atoms with van der Waals surface area (Å²) in [5.74, 6) is 0.985. The van der Waals surface area contributed by atoms with Gasteiger partial charge in [-0.25, -0.2) is 0 Å². The van der Waals surface area contributed by atoms with Gasteiger partial charge in [0.2, 0.25) is 16.6 Å². The molecule has 0 aliphatic carbocycles. The number of nitrogens with zero attached hydrogens (tertiary/aromatic N) is 1. The fourth-order valence-electron chi connectivity index (χ4n) is 6.91. The van der Waals surface area contributed by atoms with Crippen LogP contribution in [-0.2, 0) is 29.0 Å². The number of ketones is 1. The number of carbonyl (C=O) groups is 1. The van der Waals surface area contributed by atoms with Crippen LogP contribution in [0.25, 0.3) is 33.2 Å². The number of allylic oxidation sites excluding steroid dienone is 2. The molecule has 0 bridgehead atoms. The summed E-state index contributed by atoms with van der Waals surface area (Å²) in [7, 11) is -3.63. The number of carbonyl (C=O) groups excluding carboxylic acids is 1. The van der Waals surface area contributed by atoms with Crippen molar-refractivity contribution in [3.63, 3.8) is 0 Å². The van der Waals surface area contributed by atoms with Crippen LogP contribution in [0.2, 0.25) is 26.2 Å². The summed E-state index contributed by atoms with van der Waals surface area (Å²) in [6, 6.07) is 25.7. The van der Waals surface area contributed by atoms with E-state index >= 15 is 0 Å². The molecule has 5 rings (SSSR count). The van der Waals surface area contributed by atoms with Crippen molar-refractivity contribution < 1.29 is 34.1 Å². The number of aliphatic hydroxyl groups is 1. The second kappa shape index (κ2) is 16.8. The molecule has 4 nitrogen and oxygen atoms in total. The van der Waals surface area contributed by atoms with Crippen molar-refractivity contribution in [2.45, 2.75) is 99.3 Å². The standard InChI is InChI=1S/C28H30NOSi2.C13H24O2.Ir/c1-19(2)25-16-23(15-22-9-7-8-10-24(22)25)26-17-21(13-14-29-26)20-11-12-27-28(18-20)32(5,6)30-31(27,3)4;1-5-10(6-2)12(14)9-13(15)11(7-3)8-4;/h7-14,16-19H,1-6H3;9-11,14H,5-8H2,1-4H3;/q-1;;/b;12-9-;. The van der Waals surface area contributed by atoms with Crippen molar-refractivity contribution in [2.75, 3.05) is 0 Å². The Labute approximate surface area is 305 Å². The number of pyridine rings is 1. The number of aliphatic hydroxyl groups excluding tert-OH is 1. The smallest absolute Gasteiger partial charge is 0.206 e. The van der Waals surface area contributed by atoms with Gasteiger partial charge in [0.05, 0.1) is 5.76 Å². The molecule has 1 radical (unpaired) electrons. The molecule has 0 unspecified atom stereocenters. The summed E-state index contributed by atoms with van der Waals surface area (Å²) in [5, 5.41) is 15.1. The minimum Gasteiger partial charge on any atom is -0.512 e. The fraction of sp³-hybridized carbons (Fsp3) is 0.415. The van der Waals surface area contributed by atoms with Crippen LogP contribution < -0.4 is 10.4 Å². The Bertz CT molecular complexity index is 1740. The van der Waals surface area contributed by atoms with Gasteiger partial charge in [-0.2, -0.15) is 0 Å². The first-order valence-corrected chi connectivity index (χ1v) is 23.3. The average Bonchev–Trinajstić information content (AvgIpc) is 3.24. The van der Waals surface area contributed by atoms with E-state index in [1.54, 1.807) is 0 Å². The molecule has 259 valence electrons. The number of aromatic nitrogens is 1. The molecule has 48 heavy (non-hydrogen) atoms. The van der Waals surface area contributed by atoms with E-state index in [0.29, 0.717) is 5.92 Å². The van der Waals surface area contributed by atoms with Gasteiger partial charge in [-0.05, 0) is 85.4 Å². The van der Waals surface area contributed by atoms with E-state index in [1.165, 1.54) is 38.5 Å². The molecule has 0 saturated carbocycles. The molecular formula is C41H54IrNO3Si2-. The van der Waals surface area contributed by atoms with Crippen LogP contribution in [-0.4, -0.2) is 32.5 Å². The zero-order chi connectivity index (χ0) is 34.5.